The number of rotatable bonds is 10. The molecule has 0 saturated carbocycles. The number of likely N-dealkylation sites (N-methyl/N-ethyl adjacent to an activating group) is 1. The van der Waals surface area contributed by atoms with Crippen molar-refractivity contribution < 1.29 is 19.1 Å². The summed E-state index contributed by atoms with van der Waals surface area (Å²) in [5.41, 5.74) is 6.14. The van der Waals surface area contributed by atoms with Crippen LogP contribution in [0, 0.1) is 0 Å². The molecule has 8 nitrogen and oxygen atoms in total. The summed E-state index contributed by atoms with van der Waals surface area (Å²) in [6.45, 7) is 4.26. The third-order valence-electron chi connectivity index (χ3n) is 8.52. The molecule has 1 N–H and O–H groups in total. The molecule has 3 amide bonds. The van der Waals surface area contributed by atoms with Crippen molar-refractivity contribution >= 4 is 23.6 Å². The van der Waals surface area contributed by atoms with Crippen LogP contribution in [0.3, 0.4) is 0 Å². The molecule has 8 heteroatoms. The van der Waals surface area contributed by atoms with Gasteiger partial charge in [0, 0.05) is 44.8 Å². The molecule has 2 heterocycles. The molecule has 0 radical (unpaired) electrons. The van der Waals surface area contributed by atoms with Gasteiger partial charge < -0.3 is 9.64 Å². The van der Waals surface area contributed by atoms with Gasteiger partial charge in [-0.25, -0.2) is 4.79 Å². The summed E-state index contributed by atoms with van der Waals surface area (Å²) in [4.78, 5) is 43.9. The molecule has 2 aliphatic rings. The molecule has 0 unspecified atom stereocenters. The zero-order valence-electron chi connectivity index (χ0n) is 25.5. The van der Waals surface area contributed by atoms with Crippen LogP contribution in [0.4, 0.5) is 10.5 Å². The Bertz CT molecular complexity index is 1610. The fourth-order valence-electron chi connectivity index (χ4n) is 6.05. The second-order valence-corrected chi connectivity index (χ2v) is 11.8. The van der Waals surface area contributed by atoms with E-state index in [2.05, 4.69) is 39.4 Å². The maximum atomic E-state index is 12.7. The summed E-state index contributed by atoms with van der Waals surface area (Å²) in [5.74, 6) is -0.423. The van der Waals surface area contributed by atoms with Gasteiger partial charge in [0.05, 0.1) is 16.8 Å². The van der Waals surface area contributed by atoms with Crippen molar-refractivity contribution in [1.29, 1.82) is 0 Å². The maximum absolute atomic E-state index is 12.7. The summed E-state index contributed by atoms with van der Waals surface area (Å²) < 4.78 is 5.80. The monoisotopic (exact) mass is 602 g/mol. The molecular formula is C37H38N4O4. The minimum absolute atomic E-state index is 0.108. The zero-order chi connectivity index (χ0) is 31.2. The summed E-state index contributed by atoms with van der Waals surface area (Å²) in [6, 6.07) is 33.4. The zero-order valence-corrected chi connectivity index (χ0v) is 25.5. The van der Waals surface area contributed by atoms with E-state index in [0.29, 0.717) is 24.2 Å². The highest BCUT2D eigenvalue weighted by Gasteiger charge is 2.34. The van der Waals surface area contributed by atoms with Gasteiger partial charge in [-0.1, -0.05) is 84.9 Å². The predicted octanol–water partition coefficient (Wildman–Crippen LogP) is 6.29. The summed E-state index contributed by atoms with van der Waals surface area (Å²) in [7, 11) is 2.00. The number of likely N-dealkylation sites (tertiary alicyclic amines) is 1. The Hall–Kier alpha value is -4.79. The number of carbonyl (C=O) groups is 3. The lowest BCUT2D eigenvalue weighted by atomic mass is 10.0. The Labute approximate surface area is 264 Å². The smallest absolute Gasteiger partial charge is 0.411 e. The van der Waals surface area contributed by atoms with Gasteiger partial charge >= 0.3 is 6.09 Å². The van der Waals surface area contributed by atoms with E-state index in [1.54, 1.807) is 24.3 Å². The molecule has 4 aromatic rings. The van der Waals surface area contributed by atoms with Crippen molar-refractivity contribution in [3.05, 3.63) is 125 Å². The number of nitrogens with zero attached hydrogens (tertiary/aromatic N) is 3. The van der Waals surface area contributed by atoms with Gasteiger partial charge in [0.1, 0.15) is 6.10 Å². The number of benzene rings is 4. The molecule has 0 aliphatic carbocycles. The number of fused-ring (bicyclic) bond motifs is 1. The summed E-state index contributed by atoms with van der Waals surface area (Å²) in [5, 5.41) is 2.95. The van der Waals surface area contributed by atoms with Gasteiger partial charge in [0.25, 0.3) is 11.8 Å². The third-order valence-corrected chi connectivity index (χ3v) is 8.52. The largest absolute Gasteiger partial charge is 0.446 e. The molecule has 0 aromatic heterocycles. The van der Waals surface area contributed by atoms with E-state index in [4.69, 9.17) is 4.74 Å². The van der Waals surface area contributed by atoms with Crippen LogP contribution >= 0.6 is 0 Å². The van der Waals surface area contributed by atoms with Crippen molar-refractivity contribution in [3.63, 3.8) is 0 Å². The minimum Gasteiger partial charge on any atom is -0.446 e. The molecule has 4 aromatic carbocycles. The average molecular weight is 603 g/mol. The van der Waals surface area contributed by atoms with Crippen LogP contribution in [0.2, 0.25) is 0 Å². The predicted molar refractivity (Wildman–Crippen MR) is 175 cm³/mol. The normalized spacial score (nSPS) is 15.4. The van der Waals surface area contributed by atoms with Crippen molar-refractivity contribution in [2.75, 3.05) is 38.5 Å². The fourth-order valence-corrected chi connectivity index (χ4v) is 6.05. The number of hydrogen-bond acceptors (Lipinski definition) is 6. The molecule has 1 saturated heterocycles. The van der Waals surface area contributed by atoms with E-state index >= 15 is 0 Å². The number of hydrogen-bond donors (Lipinski definition) is 1. The highest BCUT2D eigenvalue weighted by atomic mass is 16.6. The first kappa shape index (κ1) is 30.2. The first-order valence-corrected chi connectivity index (χ1v) is 15.5. The molecule has 2 aliphatic heterocycles. The Morgan fingerprint density at radius 2 is 1.36 bits per heavy atom. The van der Waals surface area contributed by atoms with Gasteiger partial charge in [0.2, 0.25) is 0 Å². The molecule has 230 valence electrons. The van der Waals surface area contributed by atoms with Gasteiger partial charge in [-0.15, -0.1) is 0 Å². The highest BCUT2D eigenvalue weighted by Crippen LogP contribution is 2.28. The van der Waals surface area contributed by atoms with Crippen molar-refractivity contribution in [1.82, 2.24) is 14.7 Å². The van der Waals surface area contributed by atoms with Crippen LogP contribution < -0.4 is 5.32 Å². The molecule has 1 fully saturated rings. The van der Waals surface area contributed by atoms with Gasteiger partial charge in [-0.05, 0) is 54.8 Å². The topological polar surface area (TPSA) is 82.2 Å². The van der Waals surface area contributed by atoms with Crippen molar-refractivity contribution in [2.45, 2.75) is 32.0 Å². The standard InChI is InChI=1S/C37H38N4O4/c1-39(23-24-41-35(42)32-12-5-6-13-33(32)36(41)43)25-27-15-17-28(18-16-27)26-40-21-19-30(20-22-40)45-37(44)38-34-14-8-7-11-31(34)29-9-3-2-4-10-29/h2-18,30H,19-26H2,1H3,(H,38,44). The number of ether oxygens (including phenoxy) is 1. The van der Waals surface area contributed by atoms with E-state index in [-0.39, 0.29) is 17.9 Å². The minimum atomic E-state index is -0.416. The lowest BCUT2D eigenvalue weighted by Gasteiger charge is -2.31. The maximum Gasteiger partial charge on any atom is 0.411 e. The quantitative estimate of drug-likeness (QED) is 0.215. The third kappa shape index (κ3) is 7.30. The van der Waals surface area contributed by atoms with Crippen LogP contribution in [-0.2, 0) is 17.8 Å². The van der Waals surface area contributed by atoms with Crippen molar-refractivity contribution in [2.24, 2.45) is 0 Å². The molecule has 0 spiro atoms. The van der Waals surface area contributed by atoms with E-state index in [1.165, 1.54) is 16.0 Å². The SMILES string of the molecule is CN(CCN1C(=O)c2ccccc2C1=O)Cc1ccc(CN2CCC(OC(=O)Nc3ccccc3-c3ccccc3)CC2)cc1. The van der Waals surface area contributed by atoms with E-state index in [1.807, 2.05) is 61.6 Å². The van der Waals surface area contributed by atoms with E-state index in [0.717, 1.165) is 55.8 Å². The number of imide groups is 1. The second kappa shape index (κ2) is 13.9. The number of para-hydroxylation sites is 1. The van der Waals surface area contributed by atoms with Crippen molar-refractivity contribution in [3.8, 4) is 11.1 Å². The molecule has 45 heavy (non-hydrogen) atoms. The van der Waals surface area contributed by atoms with Gasteiger partial charge in [-0.3, -0.25) is 24.7 Å². The van der Waals surface area contributed by atoms with E-state index < -0.39 is 6.09 Å². The molecule has 6 rings (SSSR count). The highest BCUT2D eigenvalue weighted by molar-refractivity contribution is 6.21. The first-order valence-electron chi connectivity index (χ1n) is 15.5. The second-order valence-electron chi connectivity index (χ2n) is 11.8. The van der Waals surface area contributed by atoms with Crippen LogP contribution in [0.1, 0.15) is 44.7 Å². The van der Waals surface area contributed by atoms with Gasteiger partial charge in [0.15, 0.2) is 0 Å². The van der Waals surface area contributed by atoms with Crippen LogP contribution in [0.5, 0.6) is 0 Å². The Morgan fingerprint density at radius 1 is 0.778 bits per heavy atom. The summed E-state index contributed by atoms with van der Waals surface area (Å²) >= 11 is 0. The Balaban J connectivity index is 0.922. The van der Waals surface area contributed by atoms with E-state index in [9.17, 15) is 14.4 Å². The molecular weight excluding hydrogens is 564 g/mol. The number of carbonyl (C=O) groups excluding carboxylic acids is 3. The molecule has 0 bridgehead atoms. The number of piperidine rings is 1. The summed E-state index contributed by atoms with van der Waals surface area (Å²) in [6.07, 6.45) is 1.07. The van der Waals surface area contributed by atoms with Crippen LogP contribution in [0.25, 0.3) is 11.1 Å². The lowest BCUT2D eigenvalue weighted by molar-refractivity contribution is 0.0566. The first-order chi connectivity index (χ1) is 21.9. The molecule has 0 atom stereocenters. The lowest BCUT2D eigenvalue weighted by Crippen LogP contribution is -2.38. The Kier molecular flexibility index (Phi) is 9.33. The number of nitrogens with one attached hydrogen (secondary N) is 1. The Morgan fingerprint density at radius 3 is 2.02 bits per heavy atom. The number of anilines is 1. The number of amides is 3. The fraction of sp³-hybridized carbons (Fsp3) is 0.270. The van der Waals surface area contributed by atoms with Crippen LogP contribution in [0.15, 0.2) is 103 Å². The van der Waals surface area contributed by atoms with Gasteiger partial charge in [-0.2, -0.15) is 0 Å². The van der Waals surface area contributed by atoms with Crippen LogP contribution in [-0.4, -0.2) is 71.9 Å². The average Bonchev–Trinajstić information content (AvgIpc) is 3.31.